The predicted molar refractivity (Wildman–Crippen MR) is 72.7 cm³/mol. The molecule has 0 aliphatic rings. The van der Waals surface area contributed by atoms with Crippen molar-refractivity contribution in [1.29, 1.82) is 0 Å². The van der Waals surface area contributed by atoms with Crippen LogP contribution in [-0.4, -0.2) is 22.4 Å². The second-order valence-electron chi connectivity index (χ2n) is 4.71. The van der Waals surface area contributed by atoms with Crippen molar-refractivity contribution in [3.05, 3.63) is 29.8 Å². The van der Waals surface area contributed by atoms with Gasteiger partial charge in [0.05, 0.1) is 11.7 Å². The van der Waals surface area contributed by atoms with Crippen LogP contribution in [0.15, 0.2) is 24.3 Å². The maximum absolute atomic E-state index is 10.1. The first-order valence-corrected chi connectivity index (χ1v) is 6.67. The van der Waals surface area contributed by atoms with E-state index in [0.29, 0.717) is 25.9 Å². The number of aliphatic hydroxyl groups is 2. The molecule has 18 heavy (non-hydrogen) atoms. The lowest BCUT2D eigenvalue weighted by Crippen LogP contribution is -2.34. The van der Waals surface area contributed by atoms with Gasteiger partial charge in [0, 0.05) is 0 Å². The SMILES string of the molecule is CCC(O)c1ccc(OCC(O)(CC)CC)cc1. The van der Waals surface area contributed by atoms with Gasteiger partial charge in [0.2, 0.25) is 0 Å². The normalized spacial score (nSPS) is 13.4. The van der Waals surface area contributed by atoms with E-state index < -0.39 is 11.7 Å². The zero-order valence-corrected chi connectivity index (χ0v) is 11.5. The molecule has 0 saturated heterocycles. The van der Waals surface area contributed by atoms with E-state index in [-0.39, 0.29) is 0 Å². The van der Waals surface area contributed by atoms with E-state index >= 15 is 0 Å². The van der Waals surface area contributed by atoms with Crippen LogP contribution in [0.4, 0.5) is 0 Å². The lowest BCUT2D eigenvalue weighted by molar-refractivity contribution is -0.0113. The minimum Gasteiger partial charge on any atom is -0.491 e. The Bertz CT molecular complexity index is 341. The maximum atomic E-state index is 10.1. The highest BCUT2D eigenvalue weighted by Crippen LogP contribution is 2.22. The molecule has 1 aromatic carbocycles. The van der Waals surface area contributed by atoms with Crippen LogP contribution in [-0.2, 0) is 0 Å². The van der Waals surface area contributed by atoms with E-state index in [1.54, 1.807) is 0 Å². The summed E-state index contributed by atoms with van der Waals surface area (Å²) in [5.74, 6) is 0.724. The minimum absolute atomic E-state index is 0.301. The van der Waals surface area contributed by atoms with E-state index in [4.69, 9.17) is 4.74 Å². The Morgan fingerprint density at radius 2 is 1.67 bits per heavy atom. The number of hydrogen-bond donors (Lipinski definition) is 2. The smallest absolute Gasteiger partial charge is 0.119 e. The van der Waals surface area contributed by atoms with Crippen LogP contribution in [0.5, 0.6) is 5.75 Å². The van der Waals surface area contributed by atoms with Gasteiger partial charge in [0.25, 0.3) is 0 Å². The van der Waals surface area contributed by atoms with Gasteiger partial charge in [-0.3, -0.25) is 0 Å². The number of rotatable bonds is 7. The van der Waals surface area contributed by atoms with Gasteiger partial charge in [0.1, 0.15) is 12.4 Å². The van der Waals surface area contributed by atoms with Crippen LogP contribution >= 0.6 is 0 Å². The standard InChI is InChI=1S/C15H24O3/c1-4-14(16)12-7-9-13(10-8-12)18-11-15(17,5-2)6-3/h7-10,14,16-17H,4-6,11H2,1-3H3. The molecule has 0 radical (unpaired) electrons. The van der Waals surface area contributed by atoms with Gasteiger partial charge in [-0.1, -0.05) is 32.9 Å². The minimum atomic E-state index is -0.748. The molecular weight excluding hydrogens is 228 g/mol. The predicted octanol–water partition coefficient (Wildman–Crippen LogP) is 3.06. The van der Waals surface area contributed by atoms with Crippen LogP contribution in [0.1, 0.15) is 51.7 Å². The van der Waals surface area contributed by atoms with Crippen LogP contribution in [0.3, 0.4) is 0 Å². The zero-order valence-electron chi connectivity index (χ0n) is 11.5. The van der Waals surface area contributed by atoms with Crippen molar-refractivity contribution in [3.63, 3.8) is 0 Å². The Balaban J connectivity index is 2.59. The Hall–Kier alpha value is -1.06. The molecule has 0 heterocycles. The molecule has 1 atom stereocenters. The Labute approximate surface area is 109 Å². The van der Waals surface area contributed by atoms with Gasteiger partial charge in [-0.15, -0.1) is 0 Å². The summed E-state index contributed by atoms with van der Waals surface area (Å²) in [7, 11) is 0. The van der Waals surface area contributed by atoms with Gasteiger partial charge < -0.3 is 14.9 Å². The number of benzene rings is 1. The van der Waals surface area contributed by atoms with Crippen molar-refractivity contribution in [1.82, 2.24) is 0 Å². The third-order valence-corrected chi connectivity index (χ3v) is 3.48. The summed E-state index contributed by atoms with van der Waals surface area (Å²) < 4.78 is 5.59. The molecule has 0 fully saturated rings. The first-order chi connectivity index (χ1) is 8.54. The number of aliphatic hydroxyl groups excluding tert-OH is 1. The summed E-state index contributed by atoms with van der Waals surface area (Å²) in [6, 6.07) is 7.39. The van der Waals surface area contributed by atoms with Crippen LogP contribution in [0.2, 0.25) is 0 Å². The highest BCUT2D eigenvalue weighted by molar-refractivity contribution is 5.28. The zero-order chi connectivity index (χ0) is 13.6. The van der Waals surface area contributed by atoms with E-state index in [2.05, 4.69) is 0 Å². The van der Waals surface area contributed by atoms with Gasteiger partial charge >= 0.3 is 0 Å². The van der Waals surface area contributed by atoms with E-state index in [1.807, 2.05) is 45.0 Å². The summed E-state index contributed by atoms with van der Waals surface area (Å²) in [5.41, 5.74) is 0.146. The molecule has 2 N–H and O–H groups in total. The fourth-order valence-corrected chi connectivity index (χ4v) is 1.69. The van der Waals surface area contributed by atoms with Crippen LogP contribution < -0.4 is 4.74 Å². The second kappa shape index (κ2) is 6.76. The molecule has 0 saturated carbocycles. The fraction of sp³-hybridized carbons (Fsp3) is 0.600. The molecule has 0 aliphatic carbocycles. The summed E-state index contributed by atoms with van der Waals surface area (Å²) in [6.45, 7) is 6.15. The van der Waals surface area contributed by atoms with Gasteiger partial charge in [0.15, 0.2) is 0 Å². The van der Waals surface area contributed by atoms with Crippen molar-refractivity contribution >= 4 is 0 Å². The van der Waals surface area contributed by atoms with Crippen molar-refractivity contribution in [2.24, 2.45) is 0 Å². The van der Waals surface area contributed by atoms with Crippen LogP contribution in [0, 0.1) is 0 Å². The molecule has 0 spiro atoms. The molecule has 3 heteroatoms. The Morgan fingerprint density at radius 1 is 1.11 bits per heavy atom. The van der Waals surface area contributed by atoms with Crippen molar-refractivity contribution < 1.29 is 14.9 Å². The highest BCUT2D eigenvalue weighted by atomic mass is 16.5. The quantitative estimate of drug-likeness (QED) is 0.784. The average Bonchev–Trinajstić information content (AvgIpc) is 2.44. The molecule has 0 aliphatic heterocycles. The summed E-state index contributed by atoms with van der Waals surface area (Å²) in [4.78, 5) is 0. The highest BCUT2D eigenvalue weighted by Gasteiger charge is 2.23. The van der Waals surface area contributed by atoms with Gasteiger partial charge in [-0.05, 0) is 37.0 Å². The summed E-state index contributed by atoms with van der Waals surface area (Å²) >= 11 is 0. The topological polar surface area (TPSA) is 49.7 Å². The van der Waals surface area contributed by atoms with Crippen molar-refractivity contribution in [2.45, 2.75) is 51.7 Å². The Morgan fingerprint density at radius 3 is 2.11 bits per heavy atom. The van der Waals surface area contributed by atoms with E-state index in [9.17, 15) is 10.2 Å². The maximum Gasteiger partial charge on any atom is 0.119 e. The summed E-state index contributed by atoms with van der Waals surface area (Å²) in [5, 5.41) is 19.8. The summed E-state index contributed by atoms with van der Waals surface area (Å²) in [6.07, 6.45) is 1.64. The van der Waals surface area contributed by atoms with Crippen LogP contribution in [0.25, 0.3) is 0 Å². The Kier molecular flexibility index (Phi) is 5.63. The molecule has 102 valence electrons. The molecule has 0 amide bonds. The molecular formula is C15H24O3. The van der Waals surface area contributed by atoms with Gasteiger partial charge in [-0.2, -0.15) is 0 Å². The lowest BCUT2D eigenvalue weighted by Gasteiger charge is -2.25. The average molecular weight is 252 g/mol. The molecule has 1 rings (SSSR count). The van der Waals surface area contributed by atoms with E-state index in [0.717, 1.165) is 11.3 Å². The number of ether oxygens (including phenoxy) is 1. The molecule has 0 aromatic heterocycles. The largest absolute Gasteiger partial charge is 0.491 e. The lowest BCUT2D eigenvalue weighted by atomic mass is 9.99. The van der Waals surface area contributed by atoms with Gasteiger partial charge in [-0.25, -0.2) is 0 Å². The third-order valence-electron chi connectivity index (χ3n) is 3.48. The molecule has 1 unspecified atom stereocenters. The number of hydrogen-bond acceptors (Lipinski definition) is 3. The molecule has 1 aromatic rings. The van der Waals surface area contributed by atoms with Crippen molar-refractivity contribution in [3.8, 4) is 5.75 Å². The molecule has 3 nitrogen and oxygen atoms in total. The molecule has 0 bridgehead atoms. The van der Waals surface area contributed by atoms with Crippen molar-refractivity contribution in [2.75, 3.05) is 6.61 Å². The third kappa shape index (κ3) is 4.00. The monoisotopic (exact) mass is 252 g/mol. The first kappa shape index (κ1) is 15.0. The first-order valence-electron chi connectivity index (χ1n) is 6.67. The van der Waals surface area contributed by atoms with E-state index in [1.165, 1.54) is 0 Å². The fourth-order valence-electron chi connectivity index (χ4n) is 1.69. The second-order valence-corrected chi connectivity index (χ2v) is 4.71.